The second kappa shape index (κ2) is 5.02. The van der Waals surface area contributed by atoms with Crippen LogP contribution in [0.4, 0.5) is 0 Å². The number of sulfonamides is 1. The monoisotopic (exact) mass is 247 g/mol. The molecule has 0 spiro atoms. The minimum absolute atomic E-state index is 0.115. The van der Waals surface area contributed by atoms with Gasteiger partial charge in [-0.2, -0.15) is 4.31 Å². The lowest BCUT2D eigenvalue weighted by molar-refractivity contribution is 0.279. The van der Waals surface area contributed by atoms with Crippen LogP contribution in [-0.2, 0) is 10.0 Å². The van der Waals surface area contributed by atoms with Crippen molar-refractivity contribution in [2.75, 3.05) is 18.9 Å². The van der Waals surface area contributed by atoms with E-state index in [9.17, 15) is 8.42 Å². The van der Waals surface area contributed by atoms with Gasteiger partial charge in [0.05, 0.1) is 12.4 Å². The van der Waals surface area contributed by atoms with Crippen molar-refractivity contribution >= 4 is 10.0 Å². The molecule has 1 aliphatic heterocycles. The third kappa shape index (κ3) is 2.41. The molecule has 1 unspecified atom stereocenters. The Bertz CT molecular complexity index is 322. The Balaban J connectivity index is 2.08. The van der Waals surface area contributed by atoms with Gasteiger partial charge in [-0.1, -0.05) is 12.8 Å². The first-order valence-corrected chi connectivity index (χ1v) is 7.86. The van der Waals surface area contributed by atoms with Gasteiger partial charge in [0.15, 0.2) is 0 Å². The van der Waals surface area contributed by atoms with E-state index in [-0.39, 0.29) is 18.4 Å². The van der Waals surface area contributed by atoms with Crippen molar-refractivity contribution in [3.63, 3.8) is 0 Å². The fraction of sp³-hybridized carbons (Fsp3) is 1.00. The van der Waals surface area contributed by atoms with Gasteiger partial charge in [-0.25, -0.2) is 8.42 Å². The summed E-state index contributed by atoms with van der Waals surface area (Å²) in [7, 11) is -3.21. The molecule has 1 N–H and O–H groups in total. The van der Waals surface area contributed by atoms with E-state index in [0.717, 1.165) is 12.8 Å². The van der Waals surface area contributed by atoms with Gasteiger partial charge < -0.3 is 5.11 Å². The fourth-order valence-corrected chi connectivity index (χ4v) is 4.72. The van der Waals surface area contributed by atoms with Crippen LogP contribution in [0.3, 0.4) is 0 Å². The second-order valence-corrected chi connectivity index (χ2v) is 6.95. The smallest absolute Gasteiger partial charge is 0.216 e. The zero-order valence-corrected chi connectivity index (χ0v) is 10.5. The SMILES string of the molecule is O=S(=O)(CCO)N1CCCC1C1CCCC1. The summed E-state index contributed by atoms with van der Waals surface area (Å²) in [5.41, 5.74) is 0. The Labute approximate surface area is 97.7 Å². The van der Waals surface area contributed by atoms with Crippen molar-refractivity contribution in [1.82, 2.24) is 4.31 Å². The zero-order valence-electron chi connectivity index (χ0n) is 9.64. The fourth-order valence-electron chi connectivity index (χ4n) is 3.16. The minimum atomic E-state index is -3.21. The Morgan fingerprint density at radius 2 is 1.81 bits per heavy atom. The molecule has 0 bridgehead atoms. The van der Waals surface area contributed by atoms with Gasteiger partial charge in [-0.15, -0.1) is 0 Å². The molecule has 5 heteroatoms. The van der Waals surface area contributed by atoms with Gasteiger partial charge in [0, 0.05) is 12.6 Å². The molecule has 0 aromatic carbocycles. The van der Waals surface area contributed by atoms with E-state index < -0.39 is 10.0 Å². The molecule has 2 fully saturated rings. The molecule has 94 valence electrons. The summed E-state index contributed by atoms with van der Waals surface area (Å²) in [6, 6.07) is 0.221. The highest BCUT2D eigenvalue weighted by atomic mass is 32.2. The van der Waals surface area contributed by atoms with Gasteiger partial charge in [0.2, 0.25) is 10.0 Å². The molecule has 0 radical (unpaired) electrons. The van der Waals surface area contributed by atoms with Crippen molar-refractivity contribution in [2.24, 2.45) is 5.92 Å². The number of hydrogen-bond acceptors (Lipinski definition) is 3. The third-order valence-electron chi connectivity index (χ3n) is 3.90. The maximum Gasteiger partial charge on any atom is 0.216 e. The highest BCUT2D eigenvalue weighted by molar-refractivity contribution is 7.89. The summed E-state index contributed by atoms with van der Waals surface area (Å²) in [5, 5.41) is 8.81. The van der Waals surface area contributed by atoms with E-state index in [0.29, 0.717) is 12.5 Å². The van der Waals surface area contributed by atoms with Crippen LogP contribution in [0.1, 0.15) is 38.5 Å². The van der Waals surface area contributed by atoms with Crippen LogP contribution >= 0.6 is 0 Å². The molecule has 4 nitrogen and oxygen atoms in total. The number of aliphatic hydroxyl groups is 1. The molecular weight excluding hydrogens is 226 g/mol. The van der Waals surface area contributed by atoms with Crippen LogP contribution in [-0.4, -0.2) is 42.8 Å². The Hall–Kier alpha value is -0.130. The van der Waals surface area contributed by atoms with Crippen LogP contribution in [0.5, 0.6) is 0 Å². The third-order valence-corrected chi connectivity index (χ3v) is 5.77. The normalized spacial score (nSPS) is 28.9. The summed E-state index contributed by atoms with van der Waals surface area (Å²) < 4.78 is 25.6. The van der Waals surface area contributed by atoms with E-state index in [1.165, 1.54) is 25.7 Å². The molecule has 1 aliphatic carbocycles. The maximum absolute atomic E-state index is 12.0. The lowest BCUT2D eigenvalue weighted by atomic mass is 9.97. The Morgan fingerprint density at radius 3 is 2.44 bits per heavy atom. The van der Waals surface area contributed by atoms with Crippen LogP contribution in [0.25, 0.3) is 0 Å². The van der Waals surface area contributed by atoms with Crippen LogP contribution < -0.4 is 0 Å². The number of nitrogens with zero attached hydrogens (tertiary/aromatic N) is 1. The predicted octanol–water partition coefficient (Wildman–Crippen LogP) is 0.963. The first-order valence-electron chi connectivity index (χ1n) is 6.25. The minimum Gasteiger partial charge on any atom is -0.395 e. The van der Waals surface area contributed by atoms with E-state index in [2.05, 4.69) is 0 Å². The average Bonchev–Trinajstić information content (AvgIpc) is 2.88. The van der Waals surface area contributed by atoms with Gasteiger partial charge >= 0.3 is 0 Å². The van der Waals surface area contributed by atoms with E-state index in [4.69, 9.17) is 5.11 Å². The molecule has 0 amide bonds. The van der Waals surface area contributed by atoms with Gasteiger partial charge in [0.1, 0.15) is 0 Å². The first kappa shape index (κ1) is 12.3. The van der Waals surface area contributed by atoms with Crippen LogP contribution in [0.2, 0.25) is 0 Å². The summed E-state index contributed by atoms with van der Waals surface area (Å²) in [6.45, 7) is 0.389. The zero-order chi connectivity index (χ0) is 11.6. The second-order valence-electron chi connectivity index (χ2n) is 4.90. The number of hydrogen-bond donors (Lipinski definition) is 1. The van der Waals surface area contributed by atoms with E-state index in [1.54, 1.807) is 4.31 Å². The number of rotatable bonds is 4. The van der Waals surface area contributed by atoms with Crippen LogP contribution in [0, 0.1) is 5.92 Å². The summed E-state index contributed by atoms with van der Waals surface area (Å²) in [5.74, 6) is 0.451. The summed E-state index contributed by atoms with van der Waals surface area (Å²) >= 11 is 0. The average molecular weight is 247 g/mol. The largest absolute Gasteiger partial charge is 0.395 e. The first-order chi connectivity index (χ1) is 7.65. The van der Waals surface area contributed by atoms with Crippen molar-refractivity contribution in [2.45, 2.75) is 44.6 Å². The Kier molecular flexibility index (Phi) is 3.87. The maximum atomic E-state index is 12.0. The predicted molar refractivity (Wildman–Crippen MR) is 62.6 cm³/mol. The summed E-state index contributed by atoms with van der Waals surface area (Å²) in [6.07, 6.45) is 6.83. The van der Waals surface area contributed by atoms with Crippen LogP contribution in [0.15, 0.2) is 0 Å². The lowest BCUT2D eigenvalue weighted by Crippen LogP contribution is -2.41. The standard InChI is InChI=1S/C11H21NO3S/c13-8-9-16(14,15)12-7-3-6-11(12)10-4-1-2-5-10/h10-11,13H,1-9H2. The van der Waals surface area contributed by atoms with E-state index >= 15 is 0 Å². The molecule has 1 atom stereocenters. The molecule has 1 saturated carbocycles. The molecule has 0 aromatic rings. The molecule has 0 aromatic heterocycles. The van der Waals surface area contributed by atoms with E-state index in [1.807, 2.05) is 0 Å². The van der Waals surface area contributed by atoms with Crippen molar-refractivity contribution in [3.8, 4) is 0 Å². The van der Waals surface area contributed by atoms with Crippen molar-refractivity contribution in [1.29, 1.82) is 0 Å². The Morgan fingerprint density at radius 1 is 1.12 bits per heavy atom. The van der Waals surface area contributed by atoms with Crippen molar-refractivity contribution in [3.05, 3.63) is 0 Å². The molecular formula is C11H21NO3S. The topological polar surface area (TPSA) is 57.6 Å². The van der Waals surface area contributed by atoms with Crippen molar-refractivity contribution < 1.29 is 13.5 Å². The molecule has 1 heterocycles. The van der Waals surface area contributed by atoms with Gasteiger partial charge in [-0.3, -0.25) is 0 Å². The highest BCUT2D eigenvalue weighted by Gasteiger charge is 2.39. The molecule has 1 saturated heterocycles. The highest BCUT2D eigenvalue weighted by Crippen LogP contribution is 2.36. The van der Waals surface area contributed by atoms with Gasteiger partial charge in [-0.05, 0) is 31.6 Å². The molecule has 16 heavy (non-hydrogen) atoms. The lowest BCUT2D eigenvalue weighted by Gasteiger charge is -2.28. The summed E-state index contributed by atoms with van der Waals surface area (Å²) in [4.78, 5) is 0. The molecule has 2 rings (SSSR count). The number of aliphatic hydroxyl groups excluding tert-OH is 1. The van der Waals surface area contributed by atoms with Gasteiger partial charge in [0.25, 0.3) is 0 Å². The molecule has 2 aliphatic rings. The quantitative estimate of drug-likeness (QED) is 0.805.